The van der Waals surface area contributed by atoms with E-state index in [1.54, 1.807) is 6.33 Å². The van der Waals surface area contributed by atoms with Gasteiger partial charge in [0.25, 0.3) is 0 Å². The molecular formula is C16H17N3. The number of aromatic nitrogens is 2. The lowest BCUT2D eigenvalue weighted by Crippen LogP contribution is -2.10. The summed E-state index contributed by atoms with van der Waals surface area (Å²) in [5.74, 6) is 0. The van der Waals surface area contributed by atoms with E-state index < -0.39 is 0 Å². The molecule has 0 fully saturated rings. The third-order valence-corrected chi connectivity index (χ3v) is 3.18. The molecule has 0 amide bonds. The largest absolute Gasteiger partial charge is 0.345 e. The van der Waals surface area contributed by atoms with Crippen LogP contribution in [-0.4, -0.2) is 29.0 Å². The van der Waals surface area contributed by atoms with Crippen molar-refractivity contribution < 1.29 is 0 Å². The van der Waals surface area contributed by atoms with Gasteiger partial charge in [0.2, 0.25) is 0 Å². The van der Waals surface area contributed by atoms with Crippen LogP contribution in [0.15, 0.2) is 48.8 Å². The normalized spacial score (nSPS) is 11.3. The molecule has 1 heterocycles. The van der Waals surface area contributed by atoms with Gasteiger partial charge in [-0.05, 0) is 49.0 Å². The van der Waals surface area contributed by atoms with Gasteiger partial charge >= 0.3 is 0 Å². The highest BCUT2D eigenvalue weighted by Crippen LogP contribution is 2.23. The van der Waals surface area contributed by atoms with Crippen molar-refractivity contribution in [2.45, 2.75) is 6.54 Å². The van der Waals surface area contributed by atoms with Crippen LogP contribution in [0, 0.1) is 0 Å². The fraction of sp³-hybridized carbons (Fsp3) is 0.188. The fourth-order valence-electron chi connectivity index (χ4n) is 2.33. The van der Waals surface area contributed by atoms with Gasteiger partial charge in [-0.15, -0.1) is 0 Å². The van der Waals surface area contributed by atoms with Crippen LogP contribution >= 0.6 is 0 Å². The third kappa shape index (κ3) is 2.51. The van der Waals surface area contributed by atoms with Crippen LogP contribution < -0.4 is 0 Å². The zero-order valence-corrected chi connectivity index (χ0v) is 11.2. The lowest BCUT2D eigenvalue weighted by molar-refractivity contribution is 0.402. The van der Waals surface area contributed by atoms with Gasteiger partial charge in [0, 0.05) is 6.54 Å². The molecular weight excluding hydrogens is 234 g/mol. The lowest BCUT2D eigenvalue weighted by atomic mass is 10.0. The summed E-state index contributed by atoms with van der Waals surface area (Å²) in [7, 11) is 4.17. The Morgan fingerprint density at radius 1 is 1.05 bits per heavy atom. The van der Waals surface area contributed by atoms with Crippen molar-refractivity contribution >= 4 is 11.0 Å². The number of hydrogen-bond acceptors (Lipinski definition) is 2. The molecule has 3 aromatic rings. The van der Waals surface area contributed by atoms with Crippen LogP contribution in [0.4, 0.5) is 0 Å². The van der Waals surface area contributed by atoms with Crippen LogP contribution in [0.5, 0.6) is 0 Å². The molecule has 0 atom stereocenters. The van der Waals surface area contributed by atoms with Gasteiger partial charge in [0.15, 0.2) is 0 Å². The first-order valence-electron chi connectivity index (χ1n) is 6.39. The molecule has 0 aliphatic heterocycles. The molecule has 0 radical (unpaired) electrons. The van der Waals surface area contributed by atoms with E-state index in [4.69, 9.17) is 0 Å². The molecule has 96 valence electrons. The number of hydrogen-bond donors (Lipinski definition) is 1. The van der Waals surface area contributed by atoms with Crippen LogP contribution in [0.3, 0.4) is 0 Å². The minimum absolute atomic E-state index is 0.958. The van der Waals surface area contributed by atoms with Crippen molar-refractivity contribution in [1.29, 1.82) is 0 Å². The Morgan fingerprint density at radius 2 is 1.89 bits per heavy atom. The van der Waals surface area contributed by atoms with E-state index in [0.717, 1.165) is 17.6 Å². The van der Waals surface area contributed by atoms with Crippen molar-refractivity contribution in [3.63, 3.8) is 0 Å². The predicted octanol–water partition coefficient (Wildman–Crippen LogP) is 3.29. The van der Waals surface area contributed by atoms with Crippen LogP contribution in [0.2, 0.25) is 0 Å². The van der Waals surface area contributed by atoms with Crippen molar-refractivity contribution in [2.24, 2.45) is 0 Å². The van der Waals surface area contributed by atoms with E-state index in [2.05, 4.69) is 71.4 Å². The van der Waals surface area contributed by atoms with E-state index in [1.807, 2.05) is 0 Å². The molecule has 1 aromatic heterocycles. The van der Waals surface area contributed by atoms with E-state index in [0.29, 0.717) is 0 Å². The van der Waals surface area contributed by atoms with E-state index in [-0.39, 0.29) is 0 Å². The summed E-state index contributed by atoms with van der Waals surface area (Å²) in [6.45, 7) is 0.958. The summed E-state index contributed by atoms with van der Waals surface area (Å²) in [6.07, 6.45) is 1.73. The highest BCUT2D eigenvalue weighted by Gasteiger charge is 2.03. The number of nitrogens with zero attached hydrogens (tertiary/aromatic N) is 2. The Kier molecular flexibility index (Phi) is 3.05. The molecule has 0 unspecified atom stereocenters. The third-order valence-electron chi connectivity index (χ3n) is 3.18. The molecule has 0 aliphatic rings. The van der Waals surface area contributed by atoms with Crippen molar-refractivity contribution in [3.8, 4) is 11.1 Å². The Balaban J connectivity index is 2.00. The summed E-state index contributed by atoms with van der Waals surface area (Å²) in [5.41, 5.74) is 5.88. The molecule has 19 heavy (non-hydrogen) atoms. The van der Waals surface area contributed by atoms with Crippen LogP contribution in [-0.2, 0) is 6.54 Å². The summed E-state index contributed by atoms with van der Waals surface area (Å²) in [4.78, 5) is 9.58. The molecule has 3 rings (SSSR count). The van der Waals surface area contributed by atoms with Gasteiger partial charge < -0.3 is 9.88 Å². The van der Waals surface area contributed by atoms with E-state index in [9.17, 15) is 0 Å². The highest BCUT2D eigenvalue weighted by atomic mass is 15.0. The number of imidazole rings is 1. The van der Waals surface area contributed by atoms with Gasteiger partial charge in [-0.3, -0.25) is 0 Å². The first kappa shape index (κ1) is 11.9. The Morgan fingerprint density at radius 3 is 2.74 bits per heavy atom. The van der Waals surface area contributed by atoms with Crippen molar-refractivity contribution in [2.75, 3.05) is 14.1 Å². The average Bonchev–Trinajstić information content (AvgIpc) is 2.85. The van der Waals surface area contributed by atoms with Gasteiger partial charge in [-0.2, -0.15) is 0 Å². The molecule has 1 N–H and O–H groups in total. The standard InChI is InChI=1S/C16H17N3/c1-19(2)10-12-4-3-5-13(8-12)14-6-7-15-16(9-14)18-11-17-15/h3-9,11H,10H2,1-2H3,(H,17,18). The minimum Gasteiger partial charge on any atom is -0.345 e. The monoisotopic (exact) mass is 251 g/mol. The number of aromatic amines is 1. The predicted molar refractivity (Wildman–Crippen MR) is 78.9 cm³/mol. The SMILES string of the molecule is CN(C)Cc1cccc(-c2ccc3nc[nH]c3c2)c1. The van der Waals surface area contributed by atoms with Crippen molar-refractivity contribution in [1.82, 2.24) is 14.9 Å². The van der Waals surface area contributed by atoms with E-state index >= 15 is 0 Å². The molecule has 3 nitrogen and oxygen atoms in total. The second-order valence-corrected chi connectivity index (χ2v) is 5.07. The lowest BCUT2D eigenvalue weighted by Gasteiger charge is -2.11. The number of fused-ring (bicyclic) bond motifs is 1. The first-order valence-corrected chi connectivity index (χ1v) is 6.39. The second-order valence-electron chi connectivity index (χ2n) is 5.07. The summed E-state index contributed by atoms with van der Waals surface area (Å²) in [5, 5.41) is 0. The zero-order valence-electron chi connectivity index (χ0n) is 11.2. The smallest absolute Gasteiger partial charge is 0.0931 e. The van der Waals surface area contributed by atoms with Crippen LogP contribution in [0.1, 0.15) is 5.56 Å². The van der Waals surface area contributed by atoms with Gasteiger partial charge in [-0.1, -0.05) is 24.3 Å². The molecule has 0 bridgehead atoms. The first-order chi connectivity index (χ1) is 9.22. The number of nitrogens with one attached hydrogen (secondary N) is 1. The van der Waals surface area contributed by atoms with Crippen LogP contribution in [0.25, 0.3) is 22.2 Å². The summed E-state index contributed by atoms with van der Waals surface area (Å²) in [6, 6.07) is 15.0. The molecule has 2 aromatic carbocycles. The molecule has 0 aliphatic carbocycles. The van der Waals surface area contributed by atoms with Gasteiger partial charge in [-0.25, -0.2) is 4.98 Å². The van der Waals surface area contributed by atoms with Gasteiger partial charge in [0.05, 0.1) is 17.4 Å². The topological polar surface area (TPSA) is 31.9 Å². The summed E-state index contributed by atoms with van der Waals surface area (Å²) >= 11 is 0. The zero-order chi connectivity index (χ0) is 13.2. The number of rotatable bonds is 3. The fourth-order valence-corrected chi connectivity index (χ4v) is 2.33. The Hall–Kier alpha value is -2.13. The number of benzene rings is 2. The molecule has 0 spiro atoms. The Bertz CT molecular complexity index is 698. The van der Waals surface area contributed by atoms with Crippen molar-refractivity contribution in [3.05, 3.63) is 54.4 Å². The van der Waals surface area contributed by atoms with E-state index in [1.165, 1.54) is 16.7 Å². The molecule has 0 saturated heterocycles. The maximum Gasteiger partial charge on any atom is 0.0931 e. The minimum atomic E-state index is 0.958. The maximum atomic E-state index is 4.25. The number of H-pyrrole nitrogens is 1. The quantitative estimate of drug-likeness (QED) is 0.774. The second kappa shape index (κ2) is 4.86. The Labute approximate surface area is 112 Å². The molecule has 3 heteroatoms. The maximum absolute atomic E-state index is 4.25. The molecule has 0 saturated carbocycles. The summed E-state index contributed by atoms with van der Waals surface area (Å²) < 4.78 is 0. The van der Waals surface area contributed by atoms with Gasteiger partial charge in [0.1, 0.15) is 0 Å². The highest BCUT2D eigenvalue weighted by molar-refractivity contribution is 5.81. The average molecular weight is 251 g/mol.